The molecule has 1 fully saturated rings. The van der Waals surface area contributed by atoms with Gasteiger partial charge in [-0.25, -0.2) is 0 Å². The van der Waals surface area contributed by atoms with Crippen LogP contribution in [0.15, 0.2) is 60.9 Å². The predicted molar refractivity (Wildman–Crippen MR) is 139 cm³/mol. The van der Waals surface area contributed by atoms with Gasteiger partial charge in [-0.15, -0.1) is 0 Å². The Kier molecular flexibility index (Phi) is 8.19. The molecule has 0 radical (unpaired) electrons. The highest BCUT2D eigenvalue weighted by atomic mass is 35.5. The minimum Gasteiger partial charge on any atom is -0.490 e. The smallest absolute Gasteiger partial charge is 0.226 e. The second kappa shape index (κ2) is 11.3. The second-order valence-electron chi connectivity index (χ2n) is 9.31. The van der Waals surface area contributed by atoms with Gasteiger partial charge in [0, 0.05) is 18.9 Å². The molecule has 0 aliphatic heterocycles. The molecule has 35 heavy (non-hydrogen) atoms. The molecule has 0 saturated heterocycles. The Morgan fingerprint density at radius 1 is 1.06 bits per heavy atom. The Morgan fingerprint density at radius 3 is 2.37 bits per heavy atom. The number of benzene rings is 2. The maximum Gasteiger partial charge on any atom is 0.226 e. The molecule has 184 valence electrons. The third kappa shape index (κ3) is 6.68. The standard InChI is InChI=1S/C28H30Cl2N2O3/c1-19-14-24(29)26(25(30)15-19)35-13-12-34-23-9-5-20(6-10-23)16-28(2,22-7-8-22)27(33)32-18-21-4-3-11-31-17-21/h3-6,9-11,14-15,17,22H,7-8,12-13,16,18H2,1-2H3,(H,32,33)/t28-/m1/s1. The van der Waals surface area contributed by atoms with Crippen molar-refractivity contribution in [3.05, 3.63) is 87.7 Å². The van der Waals surface area contributed by atoms with Gasteiger partial charge in [0.2, 0.25) is 5.91 Å². The summed E-state index contributed by atoms with van der Waals surface area (Å²) in [5.74, 6) is 1.71. The summed E-state index contributed by atoms with van der Waals surface area (Å²) in [6, 6.07) is 15.4. The summed E-state index contributed by atoms with van der Waals surface area (Å²) >= 11 is 12.4. The summed E-state index contributed by atoms with van der Waals surface area (Å²) in [5.41, 5.74) is 2.65. The van der Waals surface area contributed by atoms with Gasteiger partial charge in [-0.05, 0) is 79.1 Å². The van der Waals surface area contributed by atoms with E-state index in [2.05, 4.69) is 17.2 Å². The second-order valence-corrected chi connectivity index (χ2v) is 10.1. The van der Waals surface area contributed by atoms with Crippen molar-refractivity contribution in [2.45, 2.75) is 39.7 Å². The average molecular weight is 513 g/mol. The summed E-state index contributed by atoms with van der Waals surface area (Å²) in [6.07, 6.45) is 6.38. The Bertz CT molecular complexity index is 1130. The molecule has 1 aliphatic carbocycles. The average Bonchev–Trinajstić information content (AvgIpc) is 3.69. The first kappa shape index (κ1) is 25.3. The quantitative estimate of drug-likeness (QED) is 0.300. The lowest BCUT2D eigenvalue weighted by atomic mass is 9.78. The van der Waals surface area contributed by atoms with Gasteiger partial charge in [0.05, 0.1) is 15.5 Å². The van der Waals surface area contributed by atoms with E-state index in [9.17, 15) is 4.79 Å². The van der Waals surface area contributed by atoms with E-state index >= 15 is 0 Å². The monoisotopic (exact) mass is 512 g/mol. The number of rotatable bonds is 11. The molecule has 2 aromatic carbocycles. The van der Waals surface area contributed by atoms with E-state index in [1.807, 2.05) is 55.5 Å². The summed E-state index contributed by atoms with van der Waals surface area (Å²) in [4.78, 5) is 17.3. The van der Waals surface area contributed by atoms with Gasteiger partial charge in [0.25, 0.3) is 0 Å². The molecule has 1 N–H and O–H groups in total. The fourth-order valence-electron chi connectivity index (χ4n) is 4.27. The molecule has 1 aliphatic rings. The van der Waals surface area contributed by atoms with Gasteiger partial charge < -0.3 is 14.8 Å². The van der Waals surface area contributed by atoms with Crippen LogP contribution < -0.4 is 14.8 Å². The largest absolute Gasteiger partial charge is 0.490 e. The molecular formula is C28H30Cl2N2O3. The van der Waals surface area contributed by atoms with Crippen LogP contribution in [0.4, 0.5) is 0 Å². The molecule has 1 atom stereocenters. The predicted octanol–water partition coefficient (Wildman–Crippen LogP) is 6.43. The number of nitrogens with one attached hydrogen (secondary N) is 1. The van der Waals surface area contributed by atoms with Crippen LogP contribution in [-0.4, -0.2) is 24.1 Å². The van der Waals surface area contributed by atoms with E-state index in [0.29, 0.717) is 47.9 Å². The zero-order chi connectivity index (χ0) is 24.8. The van der Waals surface area contributed by atoms with E-state index in [0.717, 1.165) is 35.3 Å². The van der Waals surface area contributed by atoms with Gasteiger partial charge in [0.1, 0.15) is 19.0 Å². The van der Waals surface area contributed by atoms with Crippen molar-refractivity contribution in [1.29, 1.82) is 0 Å². The number of carbonyl (C=O) groups is 1. The Morgan fingerprint density at radius 2 is 1.74 bits per heavy atom. The molecule has 5 nitrogen and oxygen atoms in total. The van der Waals surface area contributed by atoms with Gasteiger partial charge in [-0.1, -0.05) is 48.3 Å². The van der Waals surface area contributed by atoms with Gasteiger partial charge >= 0.3 is 0 Å². The van der Waals surface area contributed by atoms with E-state index in [-0.39, 0.29) is 5.91 Å². The lowest BCUT2D eigenvalue weighted by Gasteiger charge is -2.29. The fourth-order valence-corrected chi connectivity index (χ4v) is 4.98. The van der Waals surface area contributed by atoms with Gasteiger partial charge in [-0.2, -0.15) is 0 Å². The molecule has 1 heterocycles. The van der Waals surface area contributed by atoms with E-state index in [1.165, 1.54) is 0 Å². The molecule has 7 heteroatoms. The number of halogens is 2. The first-order chi connectivity index (χ1) is 16.8. The Labute approximate surface area is 216 Å². The molecule has 0 unspecified atom stereocenters. The molecule has 0 bridgehead atoms. The van der Waals surface area contributed by atoms with Crippen LogP contribution >= 0.6 is 23.2 Å². The SMILES string of the molecule is Cc1cc(Cl)c(OCCOc2ccc(C[C@@](C)(C(=O)NCc3cccnc3)C3CC3)cc2)c(Cl)c1. The summed E-state index contributed by atoms with van der Waals surface area (Å²) in [5, 5.41) is 4.09. The van der Waals surface area contributed by atoms with Crippen LogP contribution in [0.1, 0.15) is 36.5 Å². The van der Waals surface area contributed by atoms with Crippen LogP contribution in [0.3, 0.4) is 0 Å². The van der Waals surface area contributed by atoms with Crippen molar-refractivity contribution in [2.24, 2.45) is 11.3 Å². The molecular weight excluding hydrogens is 483 g/mol. The van der Waals surface area contributed by atoms with Crippen molar-refractivity contribution >= 4 is 29.1 Å². The lowest BCUT2D eigenvalue weighted by molar-refractivity contribution is -0.131. The van der Waals surface area contributed by atoms with E-state index in [1.54, 1.807) is 12.4 Å². The highest BCUT2D eigenvalue weighted by molar-refractivity contribution is 6.37. The normalized spacial score (nSPS) is 14.7. The maximum atomic E-state index is 13.2. The first-order valence-corrected chi connectivity index (χ1v) is 12.6. The zero-order valence-corrected chi connectivity index (χ0v) is 21.5. The third-order valence-corrected chi connectivity index (χ3v) is 6.97. The minimum atomic E-state index is -0.439. The molecule has 1 aromatic heterocycles. The Balaban J connectivity index is 1.29. The van der Waals surface area contributed by atoms with Gasteiger partial charge in [0.15, 0.2) is 5.75 Å². The molecule has 0 spiro atoms. The zero-order valence-electron chi connectivity index (χ0n) is 20.0. The number of pyridine rings is 1. The number of aromatic nitrogens is 1. The number of hydrogen-bond donors (Lipinski definition) is 1. The third-order valence-electron chi connectivity index (χ3n) is 6.41. The molecule has 1 saturated carbocycles. The van der Waals surface area contributed by atoms with Crippen molar-refractivity contribution in [3.63, 3.8) is 0 Å². The first-order valence-electron chi connectivity index (χ1n) is 11.8. The number of carbonyl (C=O) groups excluding carboxylic acids is 1. The highest BCUT2D eigenvalue weighted by Gasteiger charge is 2.46. The summed E-state index contributed by atoms with van der Waals surface area (Å²) in [7, 11) is 0. The van der Waals surface area contributed by atoms with Crippen molar-refractivity contribution in [1.82, 2.24) is 10.3 Å². The molecule has 3 aromatic rings. The van der Waals surface area contributed by atoms with Crippen LogP contribution in [-0.2, 0) is 17.8 Å². The number of aryl methyl sites for hydroxylation is 1. The summed E-state index contributed by atoms with van der Waals surface area (Å²) in [6.45, 7) is 5.17. The maximum absolute atomic E-state index is 13.2. The summed E-state index contributed by atoms with van der Waals surface area (Å²) < 4.78 is 11.5. The van der Waals surface area contributed by atoms with Gasteiger partial charge in [-0.3, -0.25) is 9.78 Å². The molecule has 1 amide bonds. The number of hydrogen-bond acceptors (Lipinski definition) is 4. The Hall–Kier alpha value is -2.76. The van der Waals surface area contributed by atoms with Crippen LogP contribution in [0.25, 0.3) is 0 Å². The van der Waals surface area contributed by atoms with Crippen molar-refractivity contribution in [2.75, 3.05) is 13.2 Å². The van der Waals surface area contributed by atoms with Crippen molar-refractivity contribution < 1.29 is 14.3 Å². The number of amides is 1. The minimum absolute atomic E-state index is 0.0924. The van der Waals surface area contributed by atoms with E-state index < -0.39 is 5.41 Å². The number of nitrogens with zero attached hydrogens (tertiary/aromatic N) is 1. The van der Waals surface area contributed by atoms with E-state index in [4.69, 9.17) is 32.7 Å². The van der Waals surface area contributed by atoms with Crippen molar-refractivity contribution in [3.8, 4) is 11.5 Å². The molecule has 4 rings (SSSR count). The topological polar surface area (TPSA) is 60.5 Å². The highest BCUT2D eigenvalue weighted by Crippen LogP contribution is 2.47. The van der Waals surface area contributed by atoms with Crippen LogP contribution in [0.2, 0.25) is 10.0 Å². The van der Waals surface area contributed by atoms with Crippen LogP contribution in [0, 0.1) is 18.3 Å². The lowest BCUT2D eigenvalue weighted by Crippen LogP contribution is -2.41. The van der Waals surface area contributed by atoms with Crippen LogP contribution in [0.5, 0.6) is 11.5 Å². The fraction of sp³-hybridized carbons (Fsp3) is 0.357. The number of ether oxygens (including phenoxy) is 2.